The standard InChI is InChI=1S/C15H22N4/c1-19(15-4-2-3-12(15)16)8-7-11-5-6-13-14(9-11)18-10-17-13/h5-6,9-10,12,15H,2-4,7-8,16H2,1H3,(H,17,18). The summed E-state index contributed by atoms with van der Waals surface area (Å²) in [4.78, 5) is 9.84. The van der Waals surface area contributed by atoms with Crippen molar-refractivity contribution in [2.45, 2.75) is 37.8 Å². The van der Waals surface area contributed by atoms with Crippen LogP contribution < -0.4 is 5.73 Å². The second kappa shape index (κ2) is 5.31. The van der Waals surface area contributed by atoms with Gasteiger partial charge in [0, 0.05) is 18.6 Å². The number of hydrogen-bond donors (Lipinski definition) is 2. The number of nitrogens with two attached hydrogens (primary N) is 1. The minimum atomic E-state index is 0.361. The van der Waals surface area contributed by atoms with Gasteiger partial charge in [-0.3, -0.25) is 0 Å². The van der Waals surface area contributed by atoms with Gasteiger partial charge in [0.15, 0.2) is 0 Å². The third kappa shape index (κ3) is 2.65. The number of H-pyrrole nitrogens is 1. The molecule has 4 heteroatoms. The number of hydrogen-bond acceptors (Lipinski definition) is 3. The van der Waals surface area contributed by atoms with Crippen LogP contribution in [0.3, 0.4) is 0 Å². The summed E-state index contributed by atoms with van der Waals surface area (Å²) in [5.41, 5.74) is 9.67. The van der Waals surface area contributed by atoms with E-state index in [0.29, 0.717) is 12.1 Å². The predicted octanol–water partition coefficient (Wildman–Crippen LogP) is 1.92. The molecule has 19 heavy (non-hydrogen) atoms. The van der Waals surface area contributed by atoms with Crippen LogP contribution in [0.5, 0.6) is 0 Å². The van der Waals surface area contributed by atoms with Crippen LogP contribution in [0.4, 0.5) is 0 Å². The quantitative estimate of drug-likeness (QED) is 0.881. The third-order valence-corrected chi connectivity index (χ3v) is 4.34. The maximum Gasteiger partial charge on any atom is 0.0931 e. The minimum Gasteiger partial charge on any atom is -0.345 e. The number of aromatic nitrogens is 2. The van der Waals surface area contributed by atoms with Crippen molar-refractivity contribution in [3.05, 3.63) is 30.1 Å². The lowest BCUT2D eigenvalue weighted by molar-refractivity contribution is 0.231. The molecule has 1 saturated carbocycles. The molecule has 1 aromatic heterocycles. The number of benzene rings is 1. The van der Waals surface area contributed by atoms with E-state index in [1.165, 1.54) is 24.8 Å². The second-order valence-corrected chi connectivity index (χ2v) is 5.65. The van der Waals surface area contributed by atoms with Gasteiger partial charge in [-0.1, -0.05) is 12.5 Å². The first-order chi connectivity index (χ1) is 9.24. The number of nitrogens with one attached hydrogen (secondary N) is 1. The second-order valence-electron chi connectivity index (χ2n) is 5.65. The first-order valence-electron chi connectivity index (χ1n) is 7.12. The maximum atomic E-state index is 6.15. The van der Waals surface area contributed by atoms with Crippen LogP contribution >= 0.6 is 0 Å². The van der Waals surface area contributed by atoms with E-state index in [4.69, 9.17) is 5.73 Å². The molecule has 0 aliphatic heterocycles. The molecule has 4 nitrogen and oxygen atoms in total. The zero-order chi connectivity index (χ0) is 13.2. The number of rotatable bonds is 4. The van der Waals surface area contributed by atoms with Crippen molar-refractivity contribution in [2.75, 3.05) is 13.6 Å². The van der Waals surface area contributed by atoms with Gasteiger partial charge in [-0.05, 0) is 44.0 Å². The summed E-state index contributed by atoms with van der Waals surface area (Å²) in [6, 6.07) is 7.38. The molecule has 2 atom stereocenters. The highest BCUT2D eigenvalue weighted by molar-refractivity contribution is 5.75. The molecule has 0 saturated heterocycles. The Morgan fingerprint density at radius 3 is 3.11 bits per heavy atom. The first kappa shape index (κ1) is 12.6. The molecule has 2 unspecified atom stereocenters. The van der Waals surface area contributed by atoms with Crippen LogP contribution in [0.15, 0.2) is 24.5 Å². The van der Waals surface area contributed by atoms with Crippen molar-refractivity contribution in [1.82, 2.24) is 14.9 Å². The van der Waals surface area contributed by atoms with E-state index in [1.54, 1.807) is 6.33 Å². The van der Waals surface area contributed by atoms with Crippen molar-refractivity contribution >= 4 is 11.0 Å². The summed E-state index contributed by atoms with van der Waals surface area (Å²) < 4.78 is 0. The lowest BCUT2D eigenvalue weighted by atomic mass is 10.1. The highest BCUT2D eigenvalue weighted by atomic mass is 15.1. The fourth-order valence-electron chi connectivity index (χ4n) is 3.13. The van der Waals surface area contributed by atoms with Gasteiger partial charge in [-0.25, -0.2) is 4.98 Å². The van der Waals surface area contributed by atoms with Crippen molar-refractivity contribution < 1.29 is 0 Å². The van der Waals surface area contributed by atoms with Crippen molar-refractivity contribution in [3.63, 3.8) is 0 Å². The number of fused-ring (bicyclic) bond motifs is 1. The van der Waals surface area contributed by atoms with Gasteiger partial charge in [0.05, 0.1) is 17.4 Å². The van der Waals surface area contributed by atoms with E-state index < -0.39 is 0 Å². The van der Waals surface area contributed by atoms with E-state index in [-0.39, 0.29) is 0 Å². The highest BCUT2D eigenvalue weighted by Crippen LogP contribution is 2.22. The molecule has 2 aromatic rings. The molecule has 3 N–H and O–H groups in total. The van der Waals surface area contributed by atoms with Crippen molar-refractivity contribution in [1.29, 1.82) is 0 Å². The molecule has 1 aliphatic rings. The van der Waals surface area contributed by atoms with E-state index in [1.807, 2.05) is 0 Å². The molecule has 1 aromatic carbocycles. The minimum absolute atomic E-state index is 0.361. The van der Waals surface area contributed by atoms with Gasteiger partial charge in [0.2, 0.25) is 0 Å². The summed E-state index contributed by atoms with van der Waals surface area (Å²) in [6.45, 7) is 1.07. The molecule has 1 fully saturated rings. The zero-order valence-corrected chi connectivity index (χ0v) is 11.5. The molecular weight excluding hydrogens is 236 g/mol. The Bertz CT molecular complexity index is 548. The molecular formula is C15H22N4. The molecule has 1 heterocycles. The average Bonchev–Trinajstić information content (AvgIpc) is 3.03. The van der Waals surface area contributed by atoms with Gasteiger partial charge in [0.1, 0.15) is 0 Å². The molecule has 0 bridgehead atoms. The fraction of sp³-hybridized carbons (Fsp3) is 0.533. The predicted molar refractivity (Wildman–Crippen MR) is 78.0 cm³/mol. The topological polar surface area (TPSA) is 57.9 Å². The SMILES string of the molecule is CN(CCc1ccc2nc[nH]c2c1)C1CCCC1N. The number of nitrogens with zero attached hydrogens (tertiary/aromatic N) is 2. The van der Waals surface area contributed by atoms with E-state index in [2.05, 4.69) is 40.1 Å². The third-order valence-electron chi connectivity index (χ3n) is 4.34. The van der Waals surface area contributed by atoms with Crippen LogP contribution in [0.25, 0.3) is 11.0 Å². The summed E-state index contributed by atoms with van der Waals surface area (Å²) in [5, 5.41) is 0. The van der Waals surface area contributed by atoms with Crippen molar-refractivity contribution in [3.8, 4) is 0 Å². The van der Waals surface area contributed by atoms with Gasteiger partial charge < -0.3 is 15.6 Å². The first-order valence-corrected chi connectivity index (χ1v) is 7.12. The highest BCUT2D eigenvalue weighted by Gasteiger charge is 2.26. The van der Waals surface area contributed by atoms with Crippen LogP contribution in [0.1, 0.15) is 24.8 Å². The van der Waals surface area contributed by atoms with Gasteiger partial charge in [-0.15, -0.1) is 0 Å². The van der Waals surface area contributed by atoms with Crippen LogP contribution in [-0.4, -0.2) is 40.5 Å². The molecule has 3 rings (SSSR count). The molecule has 0 spiro atoms. The molecule has 102 valence electrons. The summed E-state index contributed by atoms with van der Waals surface area (Å²) >= 11 is 0. The number of likely N-dealkylation sites (N-methyl/N-ethyl adjacent to an activating group) is 1. The Morgan fingerprint density at radius 1 is 1.42 bits per heavy atom. The fourth-order valence-corrected chi connectivity index (χ4v) is 3.13. The van der Waals surface area contributed by atoms with Crippen molar-refractivity contribution in [2.24, 2.45) is 5.73 Å². The monoisotopic (exact) mass is 258 g/mol. The maximum absolute atomic E-state index is 6.15. The summed E-state index contributed by atoms with van der Waals surface area (Å²) in [7, 11) is 2.20. The zero-order valence-electron chi connectivity index (χ0n) is 11.5. The van der Waals surface area contributed by atoms with Gasteiger partial charge in [-0.2, -0.15) is 0 Å². The lowest BCUT2D eigenvalue weighted by Gasteiger charge is -2.27. The molecule has 0 radical (unpaired) electrons. The van der Waals surface area contributed by atoms with E-state index >= 15 is 0 Å². The normalized spacial score (nSPS) is 23.5. The Kier molecular flexibility index (Phi) is 3.53. The Labute approximate surface area is 114 Å². The summed E-state index contributed by atoms with van der Waals surface area (Å²) in [6.07, 6.45) is 6.51. The van der Waals surface area contributed by atoms with Gasteiger partial charge in [0.25, 0.3) is 0 Å². The van der Waals surface area contributed by atoms with Crippen LogP contribution in [0, 0.1) is 0 Å². The number of imidazole rings is 1. The summed E-state index contributed by atoms with van der Waals surface area (Å²) in [5.74, 6) is 0. The smallest absolute Gasteiger partial charge is 0.0931 e. The number of aromatic amines is 1. The average molecular weight is 258 g/mol. The Morgan fingerprint density at radius 2 is 2.32 bits per heavy atom. The molecule has 1 aliphatic carbocycles. The van der Waals surface area contributed by atoms with E-state index in [9.17, 15) is 0 Å². The van der Waals surface area contributed by atoms with E-state index in [0.717, 1.165) is 24.0 Å². The Balaban J connectivity index is 1.61. The largest absolute Gasteiger partial charge is 0.345 e. The van der Waals surface area contributed by atoms with Crippen LogP contribution in [0.2, 0.25) is 0 Å². The van der Waals surface area contributed by atoms with Gasteiger partial charge >= 0.3 is 0 Å². The lowest BCUT2D eigenvalue weighted by Crippen LogP contribution is -2.42. The van der Waals surface area contributed by atoms with Crippen LogP contribution in [-0.2, 0) is 6.42 Å². The Hall–Kier alpha value is -1.39. The molecule has 0 amide bonds.